The number of nitrogens with zero attached hydrogens (tertiary/aromatic N) is 1. The van der Waals surface area contributed by atoms with Crippen LogP contribution in [0.4, 0.5) is 11.4 Å². The molecule has 0 unspecified atom stereocenters. The Labute approximate surface area is 164 Å². The maximum absolute atomic E-state index is 11.7. The van der Waals surface area contributed by atoms with Gasteiger partial charge in [0.2, 0.25) is 5.88 Å². The fourth-order valence-corrected chi connectivity index (χ4v) is 4.84. The molecule has 8 heteroatoms. The van der Waals surface area contributed by atoms with E-state index >= 15 is 0 Å². The van der Waals surface area contributed by atoms with Crippen LogP contribution < -0.4 is 14.2 Å². The maximum Gasteiger partial charge on any atom is 0.307 e. The normalized spacial score (nSPS) is 20.9. The highest BCUT2D eigenvalue weighted by molar-refractivity contribution is 7.86. The first-order valence-electron chi connectivity index (χ1n) is 8.88. The summed E-state index contributed by atoms with van der Waals surface area (Å²) in [5.41, 5.74) is 3.78. The number of rotatable bonds is 5. The van der Waals surface area contributed by atoms with Gasteiger partial charge in [-0.25, -0.2) is 4.98 Å². The van der Waals surface area contributed by atoms with Crippen molar-refractivity contribution >= 4 is 33.1 Å². The SMILES string of the molecule is COc1cc(Nc2cnc(OS(C)(=O)=O)c3c2C2CCC3CC2)ccc1Cl. The van der Waals surface area contributed by atoms with Crippen LogP contribution in [0.1, 0.15) is 48.6 Å². The summed E-state index contributed by atoms with van der Waals surface area (Å²) in [6.07, 6.45) is 6.97. The van der Waals surface area contributed by atoms with E-state index in [0.29, 0.717) is 16.7 Å². The zero-order valence-corrected chi connectivity index (χ0v) is 16.7. The second-order valence-corrected chi connectivity index (χ2v) is 9.10. The largest absolute Gasteiger partial charge is 0.495 e. The lowest BCUT2D eigenvalue weighted by Crippen LogP contribution is -2.25. The number of aromatic nitrogens is 1. The van der Waals surface area contributed by atoms with Crippen molar-refractivity contribution in [3.63, 3.8) is 0 Å². The lowest BCUT2D eigenvalue weighted by molar-refractivity contribution is 0.348. The first-order chi connectivity index (χ1) is 12.9. The molecular weight excluding hydrogens is 388 g/mol. The van der Waals surface area contributed by atoms with Crippen molar-refractivity contribution in [1.29, 1.82) is 0 Å². The minimum atomic E-state index is -3.63. The topological polar surface area (TPSA) is 77.5 Å². The smallest absolute Gasteiger partial charge is 0.307 e. The van der Waals surface area contributed by atoms with Gasteiger partial charge in [0.15, 0.2) is 0 Å². The number of fused-ring (bicyclic) bond motifs is 2. The van der Waals surface area contributed by atoms with Crippen molar-refractivity contribution in [2.24, 2.45) is 0 Å². The van der Waals surface area contributed by atoms with Crippen molar-refractivity contribution in [3.8, 4) is 11.6 Å². The van der Waals surface area contributed by atoms with E-state index in [9.17, 15) is 8.42 Å². The van der Waals surface area contributed by atoms with Gasteiger partial charge < -0.3 is 14.2 Å². The van der Waals surface area contributed by atoms with E-state index < -0.39 is 10.1 Å². The number of nitrogens with one attached hydrogen (secondary N) is 1. The number of methoxy groups -OCH3 is 1. The average Bonchev–Trinajstić information content (AvgIpc) is 2.64. The molecule has 2 bridgehead atoms. The second-order valence-electron chi connectivity index (χ2n) is 7.11. The molecule has 3 aliphatic carbocycles. The summed E-state index contributed by atoms with van der Waals surface area (Å²) in [7, 11) is -2.05. The van der Waals surface area contributed by atoms with Gasteiger partial charge in [0.25, 0.3) is 0 Å². The molecule has 27 heavy (non-hydrogen) atoms. The molecule has 1 aromatic heterocycles. The molecule has 0 aliphatic heterocycles. The third kappa shape index (κ3) is 3.58. The van der Waals surface area contributed by atoms with E-state index in [0.717, 1.165) is 54.4 Å². The molecule has 1 heterocycles. The molecule has 0 saturated heterocycles. The molecule has 144 valence electrons. The van der Waals surface area contributed by atoms with Crippen molar-refractivity contribution in [1.82, 2.24) is 4.98 Å². The van der Waals surface area contributed by atoms with Crippen LogP contribution in [0.5, 0.6) is 11.6 Å². The standard InChI is InChI=1S/C19H21ClN2O4S/c1-25-16-9-13(7-8-14(16)20)22-15-10-21-19(26-27(2,23)24)18-12-5-3-11(4-6-12)17(15)18/h7-12,22H,3-6H2,1-2H3. The van der Waals surface area contributed by atoms with Crippen LogP contribution >= 0.6 is 11.6 Å². The van der Waals surface area contributed by atoms with E-state index in [-0.39, 0.29) is 11.8 Å². The number of ether oxygens (including phenoxy) is 1. The predicted octanol–water partition coefficient (Wildman–Crippen LogP) is 4.58. The quantitative estimate of drug-likeness (QED) is 0.729. The van der Waals surface area contributed by atoms with Gasteiger partial charge in [-0.2, -0.15) is 8.42 Å². The second kappa shape index (κ2) is 6.87. The Morgan fingerprint density at radius 2 is 1.81 bits per heavy atom. The minimum absolute atomic E-state index is 0.223. The molecule has 0 radical (unpaired) electrons. The first kappa shape index (κ1) is 18.4. The molecule has 1 N–H and O–H groups in total. The zero-order chi connectivity index (χ0) is 19.2. The summed E-state index contributed by atoms with van der Waals surface area (Å²) in [4.78, 5) is 4.33. The molecule has 6 nitrogen and oxygen atoms in total. The van der Waals surface area contributed by atoms with E-state index in [1.54, 1.807) is 19.4 Å². The first-order valence-corrected chi connectivity index (χ1v) is 11.1. The molecule has 0 spiro atoms. The van der Waals surface area contributed by atoms with E-state index in [2.05, 4.69) is 10.3 Å². The Balaban J connectivity index is 1.78. The summed E-state index contributed by atoms with van der Waals surface area (Å²) in [5, 5.41) is 3.94. The van der Waals surface area contributed by atoms with Crippen LogP contribution in [0.15, 0.2) is 24.4 Å². The summed E-state index contributed by atoms with van der Waals surface area (Å²) in [6, 6.07) is 5.48. The minimum Gasteiger partial charge on any atom is -0.495 e. The van der Waals surface area contributed by atoms with Crippen molar-refractivity contribution < 1.29 is 17.3 Å². The van der Waals surface area contributed by atoms with Crippen LogP contribution in [-0.2, 0) is 10.1 Å². The summed E-state index contributed by atoms with van der Waals surface area (Å²) < 4.78 is 33.8. The van der Waals surface area contributed by atoms with Crippen LogP contribution in [0.25, 0.3) is 0 Å². The number of anilines is 2. The van der Waals surface area contributed by atoms with Crippen LogP contribution in [0, 0.1) is 0 Å². The fraction of sp³-hybridized carbons (Fsp3) is 0.421. The average molecular weight is 409 g/mol. The number of halogens is 1. The maximum atomic E-state index is 11.7. The molecule has 3 aliphatic rings. The predicted molar refractivity (Wildman–Crippen MR) is 105 cm³/mol. The van der Waals surface area contributed by atoms with Gasteiger partial charge in [0.05, 0.1) is 30.3 Å². The summed E-state index contributed by atoms with van der Waals surface area (Å²) in [6.45, 7) is 0. The van der Waals surface area contributed by atoms with Gasteiger partial charge in [0, 0.05) is 17.3 Å². The molecule has 1 aromatic carbocycles. The fourth-order valence-electron chi connectivity index (χ4n) is 4.23. The van der Waals surface area contributed by atoms with E-state index in [1.807, 2.05) is 12.1 Å². The van der Waals surface area contributed by atoms with Gasteiger partial charge in [0.1, 0.15) is 5.75 Å². The monoisotopic (exact) mass is 408 g/mol. The van der Waals surface area contributed by atoms with Gasteiger partial charge in [-0.05, 0) is 55.2 Å². The summed E-state index contributed by atoms with van der Waals surface area (Å²) in [5.74, 6) is 1.48. The van der Waals surface area contributed by atoms with Crippen LogP contribution in [0.2, 0.25) is 5.02 Å². The number of hydrogen-bond donors (Lipinski definition) is 1. The molecular formula is C19H21ClN2O4S. The Morgan fingerprint density at radius 3 is 2.44 bits per heavy atom. The number of benzene rings is 1. The zero-order valence-electron chi connectivity index (χ0n) is 15.2. The van der Waals surface area contributed by atoms with Crippen molar-refractivity contribution in [3.05, 3.63) is 40.5 Å². The van der Waals surface area contributed by atoms with Crippen molar-refractivity contribution in [2.75, 3.05) is 18.7 Å². The Hall–Kier alpha value is -1.99. The highest BCUT2D eigenvalue weighted by atomic mass is 35.5. The van der Waals surface area contributed by atoms with Gasteiger partial charge in [-0.3, -0.25) is 0 Å². The number of pyridine rings is 1. The number of hydrogen-bond acceptors (Lipinski definition) is 6. The van der Waals surface area contributed by atoms with Crippen LogP contribution in [0.3, 0.4) is 0 Å². The Kier molecular flexibility index (Phi) is 4.68. The molecule has 1 fully saturated rings. The van der Waals surface area contributed by atoms with E-state index in [1.165, 1.54) is 0 Å². The third-order valence-corrected chi connectivity index (χ3v) is 6.10. The van der Waals surface area contributed by atoms with Gasteiger partial charge in [-0.1, -0.05) is 11.6 Å². The Bertz CT molecular complexity index is 985. The highest BCUT2D eigenvalue weighted by Crippen LogP contribution is 2.54. The molecule has 0 atom stereocenters. The van der Waals surface area contributed by atoms with E-state index in [4.69, 9.17) is 20.5 Å². The lowest BCUT2D eigenvalue weighted by Gasteiger charge is -2.39. The molecule has 0 amide bonds. The van der Waals surface area contributed by atoms with Crippen molar-refractivity contribution in [2.45, 2.75) is 37.5 Å². The highest BCUT2D eigenvalue weighted by Gasteiger charge is 2.38. The molecule has 1 saturated carbocycles. The van der Waals surface area contributed by atoms with Gasteiger partial charge >= 0.3 is 10.1 Å². The summed E-state index contributed by atoms with van der Waals surface area (Å²) >= 11 is 6.11. The third-order valence-electron chi connectivity index (χ3n) is 5.33. The molecule has 2 aromatic rings. The molecule has 5 rings (SSSR count). The Morgan fingerprint density at radius 1 is 1.15 bits per heavy atom. The van der Waals surface area contributed by atoms with Gasteiger partial charge in [-0.15, -0.1) is 0 Å². The van der Waals surface area contributed by atoms with Crippen LogP contribution in [-0.4, -0.2) is 26.8 Å². The lowest BCUT2D eigenvalue weighted by atomic mass is 9.67.